The summed E-state index contributed by atoms with van der Waals surface area (Å²) in [4.78, 5) is 16.9. The van der Waals surface area contributed by atoms with Crippen LogP contribution in [-0.2, 0) is 4.79 Å². The van der Waals surface area contributed by atoms with Crippen LogP contribution in [0.2, 0.25) is 10.0 Å². The highest BCUT2D eigenvalue weighted by atomic mass is 35.5. The monoisotopic (exact) mass is 418 g/mol. The zero-order chi connectivity index (χ0) is 19.6. The van der Waals surface area contributed by atoms with E-state index in [0.29, 0.717) is 27.9 Å². The van der Waals surface area contributed by atoms with Crippen molar-refractivity contribution in [3.8, 4) is 0 Å². The van der Waals surface area contributed by atoms with Gasteiger partial charge in [0.05, 0.1) is 10.5 Å². The highest BCUT2D eigenvalue weighted by Crippen LogP contribution is 2.27. The Morgan fingerprint density at radius 3 is 2.41 bits per heavy atom. The molecule has 3 rings (SSSR count). The van der Waals surface area contributed by atoms with Gasteiger partial charge < -0.3 is 5.32 Å². The number of anilines is 1. The summed E-state index contributed by atoms with van der Waals surface area (Å²) in [6, 6.07) is 11.4. The molecule has 0 unspecified atom stereocenters. The number of pyridine rings is 1. The number of hydrogen-bond donors (Lipinski definition) is 1. The van der Waals surface area contributed by atoms with E-state index in [4.69, 9.17) is 28.2 Å². The van der Waals surface area contributed by atoms with Crippen LogP contribution in [0.3, 0.4) is 0 Å². The number of fused-ring (bicyclic) bond motifs is 1. The van der Waals surface area contributed by atoms with Crippen LogP contribution in [0.4, 0.5) is 5.69 Å². The van der Waals surface area contributed by atoms with E-state index in [1.807, 2.05) is 0 Å². The van der Waals surface area contributed by atoms with Gasteiger partial charge in [-0.3, -0.25) is 4.79 Å². The summed E-state index contributed by atoms with van der Waals surface area (Å²) in [5.41, 5.74) is 5.25. The van der Waals surface area contributed by atoms with E-state index in [9.17, 15) is 4.79 Å². The highest BCUT2D eigenvalue weighted by molar-refractivity contribution is 7.99. The molecule has 0 aliphatic carbocycles. The van der Waals surface area contributed by atoms with E-state index >= 15 is 0 Å². The molecule has 6 heteroatoms. The number of halogens is 2. The van der Waals surface area contributed by atoms with Crippen LogP contribution in [-0.4, -0.2) is 16.6 Å². The van der Waals surface area contributed by atoms with Gasteiger partial charge in [0, 0.05) is 33.3 Å². The van der Waals surface area contributed by atoms with Gasteiger partial charge in [-0.05, 0) is 62.2 Å². The third-order valence-corrected chi connectivity index (χ3v) is 5.51. The molecule has 0 saturated carbocycles. The summed E-state index contributed by atoms with van der Waals surface area (Å²) >= 11 is 13.5. The molecule has 1 heterocycles. The Kier molecular flexibility index (Phi) is 6.30. The standard InChI is InChI=1S/C21H20Cl2N2OS/c1-12-6-14(3)21-18(7-12)13(2)8-20(25-21)27-5-4-19(26)24-17-10-15(22)9-16(23)11-17/h6-11H,4-5H2,1-3H3,(H,24,26). The Bertz CT molecular complexity index is 1000. The zero-order valence-electron chi connectivity index (χ0n) is 15.4. The largest absolute Gasteiger partial charge is 0.326 e. The van der Waals surface area contributed by atoms with Crippen LogP contribution >= 0.6 is 35.0 Å². The van der Waals surface area contributed by atoms with Gasteiger partial charge >= 0.3 is 0 Å². The minimum absolute atomic E-state index is 0.0786. The van der Waals surface area contributed by atoms with E-state index < -0.39 is 0 Å². The number of carbonyl (C=O) groups is 1. The Balaban J connectivity index is 1.64. The van der Waals surface area contributed by atoms with Crippen LogP contribution in [0.15, 0.2) is 41.4 Å². The molecule has 27 heavy (non-hydrogen) atoms. The number of rotatable bonds is 5. The van der Waals surface area contributed by atoms with E-state index in [1.165, 1.54) is 22.1 Å². The minimum Gasteiger partial charge on any atom is -0.326 e. The lowest BCUT2D eigenvalue weighted by Crippen LogP contribution is -2.12. The number of benzene rings is 2. The van der Waals surface area contributed by atoms with Crippen LogP contribution in [0, 0.1) is 20.8 Å². The first-order valence-corrected chi connectivity index (χ1v) is 10.3. The molecule has 1 aromatic heterocycles. The van der Waals surface area contributed by atoms with Crippen molar-refractivity contribution in [3.63, 3.8) is 0 Å². The Morgan fingerprint density at radius 2 is 1.70 bits per heavy atom. The minimum atomic E-state index is -0.0786. The van der Waals surface area contributed by atoms with E-state index in [-0.39, 0.29) is 5.91 Å². The van der Waals surface area contributed by atoms with Gasteiger partial charge in [0.15, 0.2) is 0 Å². The fraction of sp³-hybridized carbons (Fsp3) is 0.238. The van der Waals surface area contributed by atoms with Gasteiger partial charge in [-0.2, -0.15) is 0 Å². The van der Waals surface area contributed by atoms with Gasteiger partial charge in [-0.1, -0.05) is 34.8 Å². The van der Waals surface area contributed by atoms with E-state index in [1.54, 1.807) is 30.0 Å². The summed E-state index contributed by atoms with van der Waals surface area (Å²) in [5, 5.41) is 5.94. The molecule has 140 valence electrons. The predicted octanol–water partition coefficient (Wildman–Crippen LogP) is 6.59. The number of aromatic nitrogens is 1. The third kappa shape index (κ3) is 5.16. The molecule has 0 bridgehead atoms. The summed E-state index contributed by atoms with van der Waals surface area (Å²) in [5.74, 6) is 0.563. The second-order valence-corrected chi connectivity index (χ2v) is 8.55. The summed E-state index contributed by atoms with van der Waals surface area (Å²) in [6.45, 7) is 6.28. The maximum absolute atomic E-state index is 12.2. The van der Waals surface area contributed by atoms with Crippen molar-refractivity contribution in [3.05, 3.63) is 63.1 Å². The van der Waals surface area contributed by atoms with Gasteiger partial charge in [0.25, 0.3) is 0 Å². The number of carbonyl (C=O) groups excluding carboxylic acids is 1. The van der Waals surface area contributed by atoms with Crippen LogP contribution in [0.5, 0.6) is 0 Å². The van der Waals surface area contributed by atoms with Crippen molar-refractivity contribution in [1.82, 2.24) is 4.98 Å². The van der Waals surface area contributed by atoms with Crippen molar-refractivity contribution in [2.45, 2.75) is 32.2 Å². The fourth-order valence-electron chi connectivity index (χ4n) is 2.99. The molecule has 0 spiro atoms. The number of hydrogen-bond acceptors (Lipinski definition) is 3. The zero-order valence-corrected chi connectivity index (χ0v) is 17.7. The molecular formula is C21H20Cl2N2OS. The van der Waals surface area contributed by atoms with Crippen molar-refractivity contribution in [1.29, 1.82) is 0 Å². The topological polar surface area (TPSA) is 42.0 Å². The quantitative estimate of drug-likeness (QED) is 0.475. The van der Waals surface area contributed by atoms with Crippen LogP contribution in [0.25, 0.3) is 10.9 Å². The lowest BCUT2D eigenvalue weighted by Gasteiger charge is -2.10. The highest BCUT2D eigenvalue weighted by Gasteiger charge is 2.09. The first-order chi connectivity index (χ1) is 12.8. The number of nitrogens with one attached hydrogen (secondary N) is 1. The maximum Gasteiger partial charge on any atom is 0.225 e. The van der Waals surface area contributed by atoms with Crippen molar-refractivity contribution >= 4 is 57.5 Å². The molecule has 3 aromatic rings. The lowest BCUT2D eigenvalue weighted by atomic mass is 10.0. The smallest absolute Gasteiger partial charge is 0.225 e. The fourth-order valence-corrected chi connectivity index (χ4v) is 4.42. The number of aryl methyl sites for hydroxylation is 3. The molecule has 1 amide bonds. The van der Waals surface area contributed by atoms with E-state index in [2.05, 4.69) is 44.3 Å². The molecule has 2 aromatic carbocycles. The second-order valence-electron chi connectivity index (χ2n) is 6.56. The average Bonchev–Trinajstić information content (AvgIpc) is 2.55. The average molecular weight is 419 g/mol. The van der Waals surface area contributed by atoms with E-state index in [0.717, 1.165) is 10.5 Å². The molecule has 0 saturated heterocycles. The number of amides is 1. The van der Waals surface area contributed by atoms with Crippen LogP contribution < -0.4 is 5.32 Å². The molecule has 0 aliphatic heterocycles. The molecule has 0 radical (unpaired) electrons. The SMILES string of the molecule is Cc1cc(C)c2nc(SCCC(=O)Nc3cc(Cl)cc(Cl)c3)cc(C)c2c1. The Labute approximate surface area is 173 Å². The van der Waals surface area contributed by atoms with Crippen molar-refractivity contribution < 1.29 is 4.79 Å². The molecular weight excluding hydrogens is 399 g/mol. The van der Waals surface area contributed by atoms with Crippen molar-refractivity contribution in [2.24, 2.45) is 0 Å². The molecule has 1 N–H and O–H groups in total. The van der Waals surface area contributed by atoms with Gasteiger partial charge in [0.1, 0.15) is 0 Å². The van der Waals surface area contributed by atoms with Crippen molar-refractivity contribution in [2.75, 3.05) is 11.1 Å². The molecule has 3 nitrogen and oxygen atoms in total. The number of thioether (sulfide) groups is 1. The Morgan fingerprint density at radius 1 is 1.00 bits per heavy atom. The first kappa shape index (κ1) is 20.0. The molecule has 0 atom stereocenters. The first-order valence-electron chi connectivity index (χ1n) is 8.59. The third-order valence-electron chi connectivity index (χ3n) is 4.16. The lowest BCUT2D eigenvalue weighted by molar-refractivity contribution is -0.115. The molecule has 0 fully saturated rings. The maximum atomic E-state index is 12.2. The summed E-state index contributed by atoms with van der Waals surface area (Å²) < 4.78 is 0. The van der Waals surface area contributed by atoms with Gasteiger partial charge in [0.2, 0.25) is 5.91 Å². The number of nitrogens with zero attached hydrogens (tertiary/aromatic N) is 1. The van der Waals surface area contributed by atoms with Gasteiger partial charge in [-0.25, -0.2) is 4.98 Å². The predicted molar refractivity (Wildman–Crippen MR) is 116 cm³/mol. The Hall–Kier alpha value is -1.75. The molecule has 0 aliphatic rings. The normalized spacial score (nSPS) is 11.0. The van der Waals surface area contributed by atoms with Gasteiger partial charge in [-0.15, -0.1) is 11.8 Å². The second kappa shape index (κ2) is 8.51. The summed E-state index contributed by atoms with van der Waals surface area (Å²) in [6.07, 6.45) is 0.375. The van der Waals surface area contributed by atoms with Crippen LogP contribution in [0.1, 0.15) is 23.1 Å². The summed E-state index contributed by atoms with van der Waals surface area (Å²) in [7, 11) is 0.